The fraction of sp³-hybridized carbons (Fsp3) is 0.278. The highest BCUT2D eigenvalue weighted by molar-refractivity contribution is 5.95. The maximum atomic E-state index is 13.6. The molecule has 3 rings (SSSR count). The van der Waals surface area contributed by atoms with Gasteiger partial charge in [-0.15, -0.1) is 0 Å². The van der Waals surface area contributed by atoms with Crippen LogP contribution in [0.3, 0.4) is 0 Å². The molecule has 0 unspecified atom stereocenters. The zero-order chi connectivity index (χ0) is 17.3. The highest BCUT2D eigenvalue weighted by atomic mass is 19.4. The van der Waals surface area contributed by atoms with Gasteiger partial charge in [-0.2, -0.15) is 13.2 Å². The van der Waals surface area contributed by atoms with E-state index >= 15 is 0 Å². The number of carbonyl (C=O) groups is 1. The van der Waals surface area contributed by atoms with Gasteiger partial charge < -0.3 is 4.90 Å². The van der Waals surface area contributed by atoms with E-state index in [4.69, 9.17) is 0 Å². The molecule has 2 nitrogen and oxygen atoms in total. The molecule has 1 amide bonds. The van der Waals surface area contributed by atoms with Crippen LogP contribution < -0.4 is 0 Å². The molecule has 0 bridgehead atoms. The van der Waals surface area contributed by atoms with Gasteiger partial charge in [0.1, 0.15) is 5.82 Å². The van der Waals surface area contributed by atoms with Gasteiger partial charge in [0.2, 0.25) is 0 Å². The molecule has 1 fully saturated rings. The van der Waals surface area contributed by atoms with Crippen LogP contribution in [0.2, 0.25) is 0 Å². The minimum atomic E-state index is -4.36. The lowest BCUT2D eigenvalue weighted by Gasteiger charge is -2.39. The lowest BCUT2D eigenvalue weighted by Crippen LogP contribution is -2.50. The fourth-order valence-corrected chi connectivity index (χ4v) is 2.88. The Kier molecular flexibility index (Phi) is 4.30. The molecule has 0 atom stereocenters. The highest BCUT2D eigenvalue weighted by Crippen LogP contribution is 2.31. The number of hydrogen-bond donors (Lipinski definition) is 0. The van der Waals surface area contributed by atoms with E-state index in [1.165, 1.54) is 29.2 Å². The van der Waals surface area contributed by atoms with Crippen LogP contribution in [0.25, 0.3) is 0 Å². The molecule has 0 aliphatic carbocycles. The topological polar surface area (TPSA) is 20.3 Å². The lowest BCUT2D eigenvalue weighted by molar-refractivity contribution is -0.137. The fourth-order valence-electron chi connectivity index (χ4n) is 2.88. The van der Waals surface area contributed by atoms with Gasteiger partial charge in [0.25, 0.3) is 5.91 Å². The third-order valence-electron chi connectivity index (χ3n) is 4.13. The van der Waals surface area contributed by atoms with Crippen molar-refractivity contribution in [3.05, 3.63) is 71.0 Å². The molecule has 0 aromatic heterocycles. The largest absolute Gasteiger partial charge is 0.416 e. The van der Waals surface area contributed by atoms with Crippen molar-refractivity contribution in [3.8, 4) is 0 Å². The number of halogens is 4. The van der Waals surface area contributed by atoms with E-state index in [9.17, 15) is 22.4 Å². The van der Waals surface area contributed by atoms with Crippen molar-refractivity contribution >= 4 is 5.91 Å². The van der Waals surface area contributed by atoms with Crippen molar-refractivity contribution < 1.29 is 22.4 Å². The minimum Gasteiger partial charge on any atom is -0.338 e. The van der Waals surface area contributed by atoms with E-state index in [0.29, 0.717) is 25.1 Å². The smallest absolute Gasteiger partial charge is 0.338 e. The number of benzene rings is 2. The van der Waals surface area contributed by atoms with Crippen molar-refractivity contribution in [2.24, 2.45) is 5.92 Å². The van der Waals surface area contributed by atoms with Gasteiger partial charge in [0, 0.05) is 13.1 Å². The Bertz CT molecular complexity index is 751. The second kappa shape index (κ2) is 6.26. The number of hydrogen-bond acceptors (Lipinski definition) is 1. The number of carbonyl (C=O) groups excluding carboxylic acids is 1. The molecule has 1 saturated heterocycles. The Morgan fingerprint density at radius 1 is 1.08 bits per heavy atom. The Balaban J connectivity index is 1.60. The third-order valence-corrected chi connectivity index (χ3v) is 4.13. The summed E-state index contributed by atoms with van der Waals surface area (Å²) in [7, 11) is 0. The normalized spacial score (nSPS) is 15.2. The van der Waals surface area contributed by atoms with Crippen LogP contribution in [0, 0.1) is 11.7 Å². The summed E-state index contributed by atoms with van der Waals surface area (Å²) in [4.78, 5) is 13.7. The molecular formula is C18H15F4NO. The predicted octanol–water partition coefficient (Wildman–Crippen LogP) is 4.16. The first kappa shape index (κ1) is 16.5. The Hall–Kier alpha value is -2.37. The van der Waals surface area contributed by atoms with E-state index < -0.39 is 17.6 Å². The molecule has 1 aliphatic rings. The number of rotatable bonds is 3. The SMILES string of the molecule is O=C(c1ccccc1F)N1CC(Cc2cccc(C(F)(F)F)c2)C1. The molecule has 0 N–H and O–H groups in total. The summed E-state index contributed by atoms with van der Waals surface area (Å²) in [5, 5.41) is 0. The molecular weight excluding hydrogens is 322 g/mol. The van der Waals surface area contributed by atoms with Gasteiger partial charge >= 0.3 is 6.18 Å². The second-order valence-corrected chi connectivity index (χ2v) is 5.96. The van der Waals surface area contributed by atoms with E-state index in [0.717, 1.165) is 12.1 Å². The zero-order valence-electron chi connectivity index (χ0n) is 12.7. The molecule has 1 aliphatic heterocycles. The Morgan fingerprint density at radius 3 is 2.46 bits per heavy atom. The van der Waals surface area contributed by atoms with Crippen molar-refractivity contribution in [3.63, 3.8) is 0 Å². The molecule has 126 valence electrons. The summed E-state index contributed by atoms with van der Waals surface area (Å²) >= 11 is 0. The molecule has 1 heterocycles. The van der Waals surface area contributed by atoms with Crippen LogP contribution in [0.4, 0.5) is 17.6 Å². The summed E-state index contributed by atoms with van der Waals surface area (Å²) in [6, 6.07) is 11.0. The highest BCUT2D eigenvalue weighted by Gasteiger charge is 2.33. The van der Waals surface area contributed by atoms with Gasteiger partial charge in [0.15, 0.2) is 0 Å². The summed E-state index contributed by atoms with van der Waals surface area (Å²) in [6.45, 7) is 0.840. The first-order chi connectivity index (χ1) is 11.3. The number of nitrogens with zero attached hydrogens (tertiary/aromatic N) is 1. The monoisotopic (exact) mass is 337 g/mol. The summed E-state index contributed by atoms with van der Waals surface area (Å²) in [5.74, 6) is -0.860. The molecule has 2 aromatic rings. The van der Waals surface area contributed by atoms with E-state index in [1.807, 2.05) is 0 Å². The van der Waals surface area contributed by atoms with Crippen LogP contribution in [0.15, 0.2) is 48.5 Å². The lowest BCUT2D eigenvalue weighted by atomic mass is 9.91. The average Bonchev–Trinajstić information content (AvgIpc) is 2.50. The average molecular weight is 337 g/mol. The van der Waals surface area contributed by atoms with Gasteiger partial charge in [0.05, 0.1) is 11.1 Å². The summed E-state index contributed by atoms with van der Waals surface area (Å²) in [6.07, 6.45) is -3.90. The van der Waals surface area contributed by atoms with E-state index in [-0.39, 0.29) is 17.4 Å². The van der Waals surface area contributed by atoms with Gasteiger partial charge in [-0.1, -0.05) is 30.3 Å². The van der Waals surface area contributed by atoms with Gasteiger partial charge in [-0.25, -0.2) is 4.39 Å². The maximum Gasteiger partial charge on any atom is 0.416 e. The van der Waals surface area contributed by atoms with Crippen LogP contribution in [0.1, 0.15) is 21.5 Å². The van der Waals surface area contributed by atoms with Crippen molar-refractivity contribution in [1.29, 1.82) is 0 Å². The van der Waals surface area contributed by atoms with Gasteiger partial charge in [-0.05, 0) is 36.1 Å². The van der Waals surface area contributed by atoms with Crippen LogP contribution in [-0.4, -0.2) is 23.9 Å². The Morgan fingerprint density at radius 2 is 1.79 bits per heavy atom. The molecule has 6 heteroatoms. The zero-order valence-corrected chi connectivity index (χ0v) is 12.7. The minimum absolute atomic E-state index is 0.0232. The standard InChI is InChI=1S/C18H15F4NO/c19-16-7-2-1-6-15(16)17(24)23-10-13(11-23)8-12-4-3-5-14(9-12)18(20,21)22/h1-7,9,13H,8,10-11H2. The third kappa shape index (κ3) is 3.42. The van der Waals surface area contributed by atoms with Crippen LogP contribution >= 0.6 is 0 Å². The first-order valence-corrected chi connectivity index (χ1v) is 7.54. The number of likely N-dealkylation sites (tertiary alicyclic amines) is 1. The van der Waals surface area contributed by atoms with Crippen LogP contribution in [-0.2, 0) is 12.6 Å². The Labute approximate surface area is 136 Å². The van der Waals surface area contributed by atoms with Crippen molar-refractivity contribution in [1.82, 2.24) is 4.90 Å². The first-order valence-electron chi connectivity index (χ1n) is 7.54. The predicted molar refractivity (Wildman–Crippen MR) is 80.9 cm³/mol. The number of amides is 1. The molecule has 0 radical (unpaired) electrons. The van der Waals surface area contributed by atoms with Crippen molar-refractivity contribution in [2.75, 3.05) is 13.1 Å². The maximum absolute atomic E-state index is 13.6. The van der Waals surface area contributed by atoms with E-state index in [2.05, 4.69) is 0 Å². The molecule has 24 heavy (non-hydrogen) atoms. The van der Waals surface area contributed by atoms with Crippen molar-refractivity contribution in [2.45, 2.75) is 12.6 Å². The molecule has 2 aromatic carbocycles. The number of alkyl halides is 3. The van der Waals surface area contributed by atoms with E-state index in [1.54, 1.807) is 12.1 Å². The van der Waals surface area contributed by atoms with Gasteiger partial charge in [-0.3, -0.25) is 4.79 Å². The second-order valence-electron chi connectivity index (χ2n) is 5.96. The molecule has 0 saturated carbocycles. The summed E-state index contributed by atoms with van der Waals surface area (Å²) < 4.78 is 51.7. The van der Waals surface area contributed by atoms with Crippen LogP contribution in [0.5, 0.6) is 0 Å². The quantitative estimate of drug-likeness (QED) is 0.770. The summed E-state index contributed by atoms with van der Waals surface area (Å²) in [5.41, 5.74) is -0.0542. The molecule has 0 spiro atoms.